The maximum absolute atomic E-state index is 12.5. The smallest absolute Gasteiger partial charge is 0.241 e. The van der Waals surface area contributed by atoms with Crippen molar-refractivity contribution in [3.63, 3.8) is 0 Å². The Balaban J connectivity index is 1.41. The largest absolute Gasteiger partial charge is 0.493 e. The number of amides is 1. The molecule has 0 aliphatic carbocycles. The molecular formula is C28H27ClN2O3. The van der Waals surface area contributed by atoms with Gasteiger partial charge in [-0.1, -0.05) is 67.9 Å². The third kappa shape index (κ3) is 3.61. The van der Waals surface area contributed by atoms with E-state index in [0.717, 1.165) is 16.8 Å². The summed E-state index contributed by atoms with van der Waals surface area (Å²) in [6.07, 6.45) is 4.14. The highest BCUT2D eigenvalue weighted by molar-refractivity contribution is 6.30. The molecule has 2 heterocycles. The number of fused-ring (bicyclic) bond motifs is 3. The molecule has 0 aromatic heterocycles. The van der Waals surface area contributed by atoms with Crippen LogP contribution in [-0.4, -0.2) is 25.2 Å². The SMILES string of the molecule is COc1cc(/C=C/[C@]23NC(=O)CN2c2ccccc2C3(C)C)ccc1OCc1ccc(Cl)cc1. The summed E-state index contributed by atoms with van der Waals surface area (Å²) >= 11 is 5.96. The number of anilines is 1. The molecule has 0 spiro atoms. The Labute approximate surface area is 204 Å². The lowest BCUT2D eigenvalue weighted by atomic mass is 9.75. The molecule has 1 amide bonds. The third-order valence-corrected chi connectivity index (χ3v) is 7.14. The maximum Gasteiger partial charge on any atom is 0.241 e. The first-order valence-corrected chi connectivity index (χ1v) is 11.6. The summed E-state index contributed by atoms with van der Waals surface area (Å²) < 4.78 is 11.6. The highest BCUT2D eigenvalue weighted by atomic mass is 35.5. The molecule has 3 aromatic carbocycles. The molecule has 1 saturated heterocycles. The standard InChI is InChI=1S/C28H27ClN2O3/c1-27(2)22-6-4-5-7-23(22)31-17-26(32)30-28(27,31)15-14-19-10-13-24(25(16-19)33-3)34-18-20-8-11-21(29)12-9-20/h4-16H,17-18H2,1-3H3,(H,30,32)/b15-14+/t28-/m0/s1. The van der Waals surface area contributed by atoms with Crippen LogP contribution >= 0.6 is 11.6 Å². The minimum Gasteiger partial charge on any atom is -0.493 e. The number of ether oxygens (including phenoxy) is 2. The first-order chi connectivity index (χ1) is 16.3. The van der Waals surface area contributed by atoms with Gasteiger partial charge in [-0.15, -0.1) is 0 Å². The van der Waals surface area contributed by atoms with Gasteiger partial charge in [0.15, 0.2) is 11.5 Å². The molecule has 1 N–H and O–H groups in total. The van der Waals surface area contributed by atoms with E-state index in [9.17, 15) is 4.79 Å². The van der Waals surface area contributed by atoms with Crippen LogP contribution in [0.5, 0.6) is 11.5 Å². The Bertz CT molecular complexity index is 1270. The topological polar surface area (TPSA) is 50.8 Å². The zero-order valence-electron chi connectivity index (χ0n) is 19.5. The summed E-state index contributed by atoms with van der Waals surface area (Å²) in [5.41, 5.74) is 3.36. The van der Waals surface area contributed by atoms with Crippen molar-refractivity contribution in [3.05, 3.63) is 94.5 Å². The summed E-state index contributed by atoms with van der Waals surface area (Å²) in [5.74, 6) is 1.34. The summed E-state index contributed by atoms with van der Waals surface area (Å²) in [6, 6.07) is 21.7. The molecule has 1 atom stereocenters. The van der Waals surface area contributed by atoms with Gasteiger partial charge in [0.1, 0.15) is 12.3 Å². The summed E-state index contributed by atoms with van der Waals surface area (Å²) in [5, 5.41) is 3.95. The van der Waals surface area contributed by atoms with E-state index in [0.29, 0.717) is 29.7 Å². The molecule has 2 aliphatic heterocycles. The van der Waals surface area contributed by atoms with E-state index in [1.807, 2.05) is 54.6 Å². The molecule has 5 nitrogen and oxygen atoms in total. The van der Waals surface area contributed by atoms with Crippen LogP contribution in [0.3, 0.4) is 0 Å². The quantitative estimate of drug-likeness (QED) is 0.507. The number of para-hydroxylation sites is 1. The van der Waals surface area contributed by atoms with Crippen molar-refractivity contribution in [2.24, 2.45) is 0 Å². The van der Waals surface area contributed by atoms with Gasteiger partial charge in [0.2, 0.25) is 5.91 Å². The maximum atomic E-state index is 12.5. The second kappa shape index (κ2) is 8.41. The fourth-order valence-corrected chi connectivity index (χ4v) is 5.13. The van der Waals surface area contributed by atoms with Gasteiger partial charge >= 0.3 is 0 Å². The number of carbonyl (C=O) groups is 1. The second-order valence-electron chi connectivity index (χ2n) is 9.20. The van der Waals surface area contributed by atoms with Crippen molar-refractivity contribution >= 4 is 29.3 Å². The predicted octanol–water partition coefficient (Wildman–Crippen LogP) is 5.56. The molecule has 34 heavy (non-hydrogen) atoms. The first kappa shape index (κ1) is 22.4. The summed E-state index contributed by atoms with van der Waals surface area (Å²) in [6.45, 7) is 5.11. The lowest BCUT2D eigenvalue weighted by molar-refractivity contribution is -0.118. The number of nitrogens with one attached hydrogen (secondary N) is 1. The number of hydrogen-bond donors (Lipinski definition) is 1. The molecule has 6 heteroatoms. The van der Waals surface area contributed by atoms with Gasteiger partial charge in [-0.3, -0.25) is 4.79 Å². The second-order valence-corrected chi connectivity index (χ2v) is 9.64. The van der Waals surface area contributed by atoms with E-state index < -0.39 is 5.66 Å². The Kier molecular flexibility index (Phi) is 5.53. The van der Waals surface area contributed by atoms with Crippen LogP contribution in [0.1, 0.15) is 30.5 Å². The van der Waals surface area contributed by atoms with Crippen molar-refractivity contribution in [1.82, 2.24) is 5.32 Å². The van der Waals surface area contributed by atoms with Gasteiger partial charge in [-0.05, 0) is 53.1 Å². The number of hydrogen-bond acceptors (Lipinski definition) is 4. The number of halogens is 1. The van der Waals surface area contributed by atoms with Gasteiger partial charge in [-0.25, -0.2) is 0 Å². The lowest BCUT2D eigenvalue weighted by Crippen LogP contribution is -2.58. The molecule has 0 bridgehead atoms. The predicted molar refractivity (Wildman–Crippen MR) is 135 cm³/mol. The molecular weight excluding hydrogens is 448 g/mol. The zero-order chi connectivity index (χ0) is 23.9. The minimum atomic E-state index is -0.634. The van der Waals surface area contributed by atoms with Gasteiger partial charge in [0.05, 0.1) is 13.7 Å². The fourth-order valence-electron chi connectivity index (χ4n) is 5.01. The van der Waals surface area contributed by atoms with Gasteiger partial charge in [0.25, 0.3) is 0 Å². The van der Waals surface area contributed by atoms with Crippen LogP contribution in [-0.2, 0) is 16.8 Å². The van der Waals surface area contributed by atoms with Crippen molar-refractivity contribution in [2.75, 3.05) is 18.6 Å². The van der Waals surface area contributed by atoms with Crippen LogP contribution in [0.4, 0.5) is 5.69 Å². The molecule has 1 fully saturated rings. The van der Waals surface area contributed by atoms with Crippen LogP contribution in [0.15, 0.2) is 72.8 Å². The highest BCUT2D eigenvalue weighted by Crippen LogP contribution is 2.52. The fraction of sp³-hybridized carbons (Fsp3) is 0.250. The van der Waals surface area contributed by atoms with Crippen molar-refractivity contribution in [3.8, 4) is 11.5 Å². The van der Waals surface area contributed by atoms with Crippen LogP contribution < -0.4 is 19.7 Å². The Hall–Kier alpha value is -3.44. The minimum absolute atomic E-state index is 0.0238. The van der Waals surface area contributed by atoms with E-state index in [1.165, 1.54) is 5.56 Å². The van der Waals surface area contributed by atoms with Gasteiger partial charge in [0, 0.05) is 16.1 Å². The monoisotopic (exact) mass is 474 g/mol. The molecule has 174 valence electrons. The third-order valence-electron chi connectivity index (χ3n) is 6.89. The number of rotatable bonds is 6. The lowest BCUT2D eigenvalue weighted by Gasteiger charge is -2.40. The Morgan fingerprint density at radius 1 is 1.06 bits per heavy atom. The average molecular weight is 475 g/mol. The van der Waals surface area contributed by atoms with E-state index in [2.05, 4.69) is 48.3 Å². The number of benzene rings is 3. The van der Waals surface area contributed by atoms with Gasteiger partial charge < -0.3 is 19.7 Å². The van der Waals surface area contributed by atoms with E-state index in [4.69, 9.17) is 21.1 Å². The number of methoxy groups -OCH3 is 1. The molecule has 0 saturated carbocycles. The molecule has 0 unspecified atom stereocenters. The van der Waals surface area contributed by atoms with Crippen LogP contribution in [0.25, 0.3) is 6.08 Å². The normalized spacial score (nSPS) is 20.2. The van der Waals surface area contributed by atoms with Crippen molar-refractivity contribution in [1.29, 1.82) is 0 Å². The van der Waals surface area contributed by atoms with Crippen LogP contribution in [0, 0.1) is 0 Å². The van der Waals surface area contributed by atoms with E-state index >= 15 is 0 Å². The molecule has 2 aliphatic rings. The number of carbonyl (C=O) groups excluding carboxylic acids is 1. The highest BCUT2D eigenvalue weighted by Gasteiger charge is 2.59. The van der Waals surface area contributed by atoms with E-state index in [1.54, 1.807) is 7.11 Å². The molecule has 3 aromatic rings. The Morgan fingerprint density at radius 2 is 1.82 bits per heavy atom. The molecule has 5 rings (SSSR count). The first-order valence-electron chi connectivity index (χ1n) is 11.3. The van der Waals surface area contributed by atoms with Gasteiger partial charge in [-0.2, -0.15) is 0 Å². The van der Waals surface area contributed by atoms with Crippen molar-refractivity contribution < 1.29 is 14.3 Å². The average Bonchev–Trinajstić information content (AvgIpc) is 3.27. The zero-order valence-corrected chi connectivity index (χ0v) is 20.2. The Morgan fingerprint density at radius 3 is 2.59 bits per heavy atom. The number of nitrogens with zero attached hydrogens (tertiary/aromatic N) is 1. The van der Waals surface area contributed by atoms with E-state index in [-0.39, 0.29) is 11.3 Å². The van der Waals surface area contributed by atoms with Crippen LogP contribution in [0.2, 0.25) is 5.02 Å². The molecule has 0 radical (unpaired) electrons. The summed E-state index contributed by atoms with van der Waals surface area (Å²) in [4.78, 5) is 14.7. The van der Waals surface area contributed by atoms with Crippen molar-refractivity contribution in [2.45, 2.75) is 31.5 Å². The summed E-state index contributed by atoms with van der Waals surface area (Å²) in [7, 11) is 1.63.